The molecule has 2 aliphatic heterocycles. The highest BCUT2D eigenvalue weighted by Gasteiger charge is 2.23. The number of anilines is 2. The fourth-order valence-electron chi connectivity index (χ4n) is 8.00. The quantitative estimate of drug-likeness (QED) is 0.0577. The van der Waals surface area contributed by atoms with Crippen molar-refractivity contribution in [1.82, 2.24) is 44.7 Å². The third-order valence-electron chi connectivity index (χ3n) is 11.6. The van der Waals surface area contributed by atoms with Crippen LogP contribution in [-0.4, -0.2) is 197 Å². The van der Waals surface area contributed by atoms with Gasteiger partial charge in [-0.3, -0.25) is 19.4 Å². The monoisotopic (exact) mass is 931 g/mol. The number of methoxy groups -OCH3 is 1. The summed E-state index contributed by atoms with van der Waals surface area (Å²) in [4.78, 5) is 44.1. The van der Waals surface area contributed by atoms with Crippen molar-refractivity contribution in [2.45, 2.75) is 25.9 Å². The van der Waals surface area contributed by atoms with Gasteiger partial charge in [0.1, 0.15) is 30.0 Å². The minimum Gasteiger partial charge on any atom is -0.424 e. The van der Waals surface area contributed by atoms with Crippen LogP contribution in [0.2, 0.25) is 0 Å². The maximum absolute atomic E-state index is 13.1. The van der Waals surface area contributed by atoms with Crippen molar-refractivity contribution in [3.63, 3.8) is 0 Å². The smallest absolute Gasteiger partial charge is 0.292 e. The third-order valence-corrected chi connectivity index (χ3v) is 11.6. The summed E-state index contributed by atoms with van der Waals surface area (Å²) in [7, 11) is 1.49. The lowest BCUT2D eigenvalue weighted by atomic mass is 9.97. The van der Waals surface area contributed by atoms with Gasteiger partial charge in [0, 0.05) is 71.6 Å². The number of fused-ring (bicyclic) bond motifs is 3. The molecule has 0 atom stereocenters. The second-order valence-electron chi connectivity index (χ2n) is 16.3. The van der Waals surface area contributed by atoms with Gasteiger partial charge in [-0.1, -0.05) is 18.2 Å². The van der Waals surface area contributed by atoms with Gasteiger partial charge in [-0.25, -0.2) is 14.6 Å². The second-order valence-corrected chi connectivity index (χ2v) is 16.3. The van der Waals surface area contributed by atoms with Crippen LogP contribution < -0.4 is 16.8 Å². The number of rotatable bonds is 29. The van der Waals surface area contributed by atoms with E-state index < -0.39 is 0 Å². The molecule has 1 fully saturated rings. The maximum atomic E-state index is 13.1. The molecule has 21 nitrogen and oxygen atoms in total. The highest BCUT2D eigenvalue weighted by molar-refractivity contribution is 5.99. The van der Waals surface area contributed by atoms with E-state index in [4.69, 9.17) is 54.1 Å². The zero-order valence-electron chi connectivity index (χ0n) is 38.5. The average Bonchev–Trinajstić information content (AvgIpc) is 3.90. The summed E-state index contributed by atoms with van der Waals surface area (Å²) < 4.78 is 46.0. The van der Waals surface area contributed by atoms with E-state index in [1.165, 1.54) is 19.0 Å². The summed E-state index contributed by atoms with van der Waals surface area (Å²) >= 11 is 0. The van der Waals surface area contributed by atoms with E-state index in [0.29, 0.717) is 146 Å². The normalized spacial score (nSPS) is 14.6. The molecule has 0 spiro atoms. The molecule has 0 radical (unpaired) electrons. The molecule has 67 heavy (non-hydrogen) atoms. The van der Waals surface area contributed by atoms with Crippen molar-refractivity contribution in [1.29, 1.82) is 0 Å². The molecule has 2 aliphatic rings. The van der Waals surface area contributed by atoms with E-state index >= 15 is 0 Å². The summed E-state index contributed by atoms with van der Waals surface area (Å²) in [6, 6.07) is 12.0. The van der Waals surface area contributed by atoms with Gasteiger partial charge in [0.2, 0.25) is 11.8 Å². The largest absolute Gasteiger partial charge is 0.424 e. The predicted molar refractivity (Wildman–Crippen MR) is 249 cm³/mol. The molecular weight excluding hydrogens is 867 g/mol. The first-order valence-electron chi connectivity index (χ1n) is 23.0. The van der Waals surface area contributed by atoms with Crippen LogP contribution in [0.5, 0.6) is 0 Å². The number of nitrogens with two attached hydrogens (primary N) is 2. The van der Waals surface area contributed by atoms with Gasteiger partial charge < -0.3 is 59.3 Å². The topological polar surface area (TPSA) is 242 Å². The zero-order chi connectivity index (χ0) is 46.6. The van der Waals surface area contributed by atoms with Crippen molar-refractivity contribution >= 4 is 45.8 Å². The summed E-state index contributed by atoms with van der Waals surface area (Å²) in [5.74, 6) is 0.268. The van der Waals surface area contributed by atoms with Crippen molar-refractivity contribution in [3.05, 3.63) is 59.4 Å². The Morgan fingerprint density at radius 1 is 0.746 bits per heavy atom. The summed E-state index contributed by atoms with van der Waals surface area (Å²) in [5.41, 5.74) is 18.8. The lowest BCUT2D eigenvalue weighted by Crippen LogP contribution is -2.48. The molecule has 21 heteroatoms. The number of ether oxygens (including phenoxy) is 7. The first-order valence-corrected chi connectivity index (χ1v) is 23.0. The molecule has 0 unspecified atom stereocenters. The molecule has 364 valence electrons. The van der Waals surface area contributed by atoms with Crippen LogP contribution in [0.3, 0.4) is 0 Å². The van der Waals surface area contributed by atoms with Crippen LogP contribution in [0, 0.1) is 0 Å². The number of nitrogens with one attached hydrogen (secondary N) is 1. The lowest BCUT2D eigenvalue weighted by molar-refractivity contribution is -0.133. The van der Waals surface area contributed by atoms with E-state index in [2.05, 4.69) is 48.3 Å². The van der Waals surface area contributed by atoms with E-state index in [0.717, 1.165) is 62.4 Å². The van der Waals surface area contributed by atoms with Crippen LogP contribution in [-0.2, 0) is 62.3 Å². The van der Waals surface area contributed by atoms with Gasteiger partial charge in [-0.05, 0) is 41.3 Å². The number of hydrogen-bond donors (Lipinski definition) is 3. The highest BCUT2D eigenvalue weighted by Crippen LogP contribution is 2.33. The fraction of sp³-hybridized carbons (Fsp3) is 0.565. The van der Waals surface area contributed by atoms with Crippen molar-refractivity contribution < 1.29 is 47.2 Å². The summed E-state index contributed by atoms with van der Waals surface area (Å²) in [6.07, 6.45) is 2.52. The third kappa shape index (κ3) is 15.1. The first-order chi connectivity index (χ1) is 32.8. The molecule has 5 aromatic rings. The van der Waals surface area contributed by atoms with Crippen LogP contribution in [0.1, 0.15) is 23.1 Å². The molecule has 2 aromatic carbocycles. The Kier molecular flexibility index (Phi) is 19.4. The first kappa shape index (κ1) is 49.5. The minimum absolute atomic E-state index is 0.0602. The Balaban J connectivity index is 0.677. The Labute approximate surface area is 390 Å². The molecule has 2 amide bonds. The Hall–Kier alpha value is -5.36. The summed E-state index contributed by atoms with van der Waals surface area (Å²) in [5, 5.41) is 8.31. The number of piperazine rings is 1. The van der Waals surface area contributed by atoms with Crippen molar-refractivity contribution in [2.24, 2.45) is 0 Å². The van der Waals surface area contributed by atoms with Gasteiger partial charge in [-0.15, -0.1) is 0 Å². The molecule has 3 aromatic heterocycles. The molecular formula is C46H65N11O10. The summed E-state index contributed by atoms with van der Waals surface area (Å²) in [6.45, 7) is 14.1. The number of carbonyl (C=O) groups excluding carboxylic acids is 2. The van der Waals surface area contributed by atoms with Crippen LogP contribution in [0.15, 0.2) is 47.1 Å². The number of nitrogens with zero attached hydrogens (tertiary/aromatic N) is 8. The molecule has 1 saturated heterocycles. The van der Waals surface area contributed by atoms with Gasteiger partial charge in [0.15, 0.2) is 11.2 Å². The predicted octanol–water partition coefficient (Wildman–Crippen LogP) is 1.60. The number of hydrogen-bond acceptors (Lipinski definition) is 18. The van der Waals surface area contributed by atoms with E-state index in [1.807, 2.05) is 27.8 Å². The number of benzene rings is 2. The van der Waals surface area contributed by atoms with Gasteiger partial charge in [0.25, 0.3) is 6.01 Å². The van der Waals surface area contributed by atoms with Crippen molar-refractivity contribution in [2.75, 3.05) is 157 Å². The van der Waals surface area contributed by atoms with E-state index in [-0.39, 0.29) is 24.4 Å². The van der Waals surface area contributed by atoms with Crippen LogP contribution in [0.4, 0.5) is 11.8 Å². The van der Waals surface area contributed by atoms with E-state index in [1.54, 1.807) is 0 Å². The molecule has 0 bridgehead atoms. The molecule has 0 aliphatic carbocycles. The standard InChI is InChI=1S/C46H65N11O10/c1-60-32-40(58)49-8-17-62-21-22-63-18-14-54-10-12-55(13-11-54)15-19-64-23-25-66-27-26-65-24-20-61-16-7-41(59)56-9-6-35-28-34(2-3-37(35)31-56)30-57-45-42(44(47)50-33-51-45)43(53-57)36-4-5-39-38(29-36)52-46(48)67-39/h2-5,28-29,33H,6-27,30-32H2,1H3,(H2,48,52)(H,49,58)(H2,47,50,51). The number of amides is 2. The number of nitrogen functional groups attached to an aromatic ring is 2. The lowest BCUT2D eigenvalue weighted by Gasteiger charge is -2.34. The zero-order valence-corrected chi connectivity index (χ0v) is 38.5. The number of aromatic nitrogens is 5. The molecule has 5 N–H and O–H groups in total. The Morgan fingerprint density at radius 2 is 1.40 bits per heavy atom. The Bertz CT molecular complexity index is 2320. The van der Waals surface area contributed by atoms with E-state index in [9.17, 15) is 9.59 Å². The molecule has 7 rings (SSSR count). The fourth-order valence-corrected chi connectivity index (χ4v) is 8.00. The number of oxazole rings is 1. The molecule has 5 heterocycles. The van der Waals surface area contributed by atoms with Gasteiger partial charge in [0.05, 0.1) is 97.6 Å². The highest BCUT2D eigenvalue weighted by atomic mass is 16.6. The van der Waals surface area contributed by atoms with Gasteiger partial charge in [-0.2, -0.15) is 10.1 Å². The maximum Gasteiger partial charge on any atom is 0.292 e. The van der Waals surface area contributed by atoms with Crippen LogP contribution >= 0.6 is 0 Å². The molecule has 0 saturated carbocycles. The average molecular weight is 932 g/mol. The minimum atomic E-state index is -0.147. The Morgan fingerprint density at radius 3 is 2.09 bits per heavy atom. The SMILES string of the molecule is COCC(=O)NCCOCCOCCN1CCN(CCOCCOCCOCCOCCC(=O)N2CCc3cc(Cn4nc(-c5ccc6oc(N)nc6c5)c5c(N)ncnc54)ccc3C2)CC1. The van der Waals surface area contributed by atoms with Crippen LogP contribution in [0.25, 0.3) is 33.4 Å². The second kappa shape index (κ2) is 26.3. The van der Waals surface area contributed by atoms with Gasteiger partial charge >= 0.3 is 0 Å². The number of carbonyl (C=O) groups is 2. The van der Waals surface area contributed by atoms with Crippen molar-refractivity contribution in [3.8, 4) is 11.3 Å².